The third kappa shape index (κ3) is 3.51. The molecular formula is C21H27N5S. The fourth-order valence-corrected chi connectivity index (χ4v) is 4.86. The van der Waals surface area contributed by atoms with Gasteiger partial charge in [0.05, 0.1) is 17.7 Å². The van der Waals surface area contributed by atoms with Crippen LogP contribution in [0.2, 0.25) is 0 Å². The summed E-state index contributed by atoms with van der Waals surface area (Å²) in [5.74, 6) is 0. The van der Waals surface area contributed by atoms with Crippen molar-refractivity contribution in [1.82, 2.24) is 19.4 Å². The maximum Gasteiger partial charge on any atom is 0.180 e. The van der Waals surface area contributed by atoms with Gasteiger partial charge in [0.25, 0.3) is 0 Å². The molecule has 1 saturated heterocycles. The van der Waals surface area contributed by atoms with Gasteiger partial charge in [-0.05, 0) is 45.3 Å². The van der Waals surface area contributed by atoms with Crippen LogP contribution in [-0.4, -0.2) is 32.5 Å². The summed E-state index contributed by atoms with van der Waals surface area (Å²) in [6, 6.07) is 11.2. The van der Waals surface area contributed by atoms with Crippen molar-refractivity contribution in [3.05, 3.63) is 65.2 Å². The fraction of sp³-hybridized carbons (Fsp3) is 0.429. The smallest absolute Gasteiger partial charge is 0.180 e. The van der Waals surface area contributed by atoms with E-state index in [1.54, 1.807) is 11.3 Å². The highest BCUT2D eigenvalue weighted by atomic mass is 32.1. The van der Waals surface area contributed by atoms with Gasteiger partial charge in [-0.3, -0.25) is 4.90 Å². The van der Waals surface area contributed by atoms with E-state index in [0.717, 1.165) is 38.2 Å². The van der Waals surface area contributed by atoms with Crippen LogP contribution in [0.3, 0.4) is 0 Å². The summed E-state index contributed by atoms with van der Waals surface area (Å²) in [5, 5.41) is 2.80. The molecule has 0 radical (unpaired) electrons. The highest BCUT2D eigenvalue weighted by molar-refractivity contribution is 7.13. The third-order valence-corrected chi connectivity index (χ3v) is 6.41. The van der Waals surface area contributed by atoms with Gasteiger partial charge < -0.3 is 10.3 Å². The van der Waals surface area contributed by atoms with Crippen molar-refractivity contribution >= 4 is 16.5 Å². The van der Waals surface area contributed by atoms with Crippen molar-refractivity contribution in [2.45, 2.75) is 44.7 Å². The first kappa shape index (κ1) is 18.2. The summed E-state index contributed by atoms with van der Waals surface area (Å²) >= 11 is 1.54. The molecule has 1 aliphatic heterocycles. The minimum atomic E-state index is -0.0375. The predicted molar refractivity (Wildman–Crippen MR) is 111 cm³/mol. The highest BCUT2D eigenvalue weighted by Crippen LogP contribution is 2.42. The molecule has 0 bridgehead atoms. The van der Waals surface area contributed by atoms with Crippen molar-refractivity contribution in [3.8, 4) is 0 Å². The third-order valence-electron chi connectivity index (χ3n) is 5.74. The molecule has 4 rings (SSSR count). The lowest BCUT2D eigenvalue weighted by atomic mass is 9.70. The van der Waals surface area contributed by atoms with Crippen LogP contribution in [0.5, 0.6) is 0 Å². The van der Waals surface area contributed by atoms with Crippen LogP contribution in [0.15, 0.2) is 48.2 Å². The number of anilines is 1. The van der Waals surface area contributed by atoms with Gasteiger partial charge in [0.2, 0.25) is 0 Å². The van der Waals surface area contributed by atoms with Crippen molar-refractivity contribution < 1.29 is 0 Å². The number of nitrogen functional groups attached to an aromatic ring is 1. The molecule has 2 aromatic heterocycles. The zero-order chi connectivity index (χ0) is 18.9. The fourth-order valence-electron chi connectivity index (χ4n) is 4.20. The van der Waals surface area contributed by atoms with Crippen LogP contribution in [-0.2, 0) is 12.0 Å². The van der Waals surface area contributed by atoms with Crippen molar-refractivity contribution in [1.29, 1.82) is 0 Å². The van der Waals surface area contributed by atoms with E-state index in [1.807, 2.05) is 12.5 Å². The van der Waals surface area contributed by atoms with Crippen LogP contribution in [0, 0.1) is 0 Å². The maximum absolute atomic E-state index is 5.97. The number of imidazole rings is 1. The Hall–Kier alpha value is -2.18. The second-order valence-electron chi connectivity index (χ2n) is 7.68. The molecule has 0 atom stereocenters. The van der Waals surface area contributed by atoms with Crippen molar-refractivity contribution in [2.24, 2.45) is 0 Å². The van der Waals surface area contributed by atoms with Crippen molar-refractivity contribution in [2.75, 3.05) is 18.8 Å². The Labute approximate surface area is 164 Å². The van der Waals surface area contributed by atoms with E-state index >= 15 is 0 Å². The number of aromatic nitrogens is 3. The van der Waals surface area contributed by atoms with E-state index < -0.39 is 0 Å². The Bertz CT molecular complexity index is 875. The minimum Gasteiger partial charge on any atom is -0.375 e. The highest BCUT2D eigenvalue weighted by Gasteiger charge is 2.39. The standard InChI is InChI=1S/C21H27N5S/c1-16(2)26-15-23-12-18(26)13-25-10-8-21(9-11-25,17-6-4-3-5-7-17)19-14-27-20(22)24-19/h3-7,12,14-16H,8-11,13H2,1-2H3,(H2,22,24). The van der Waals surface area contributed by atoms with Crippen LogP contribution in [0.1, 0.15) is 49.7 Å². The first-order valence-corrected chi connectivity index (χ1v) is 10.5. The zero-order valence-electron chi connectivity index (χ0n) is 16.0. The van der Waals surface area contributed by atoms with Crippen molar-refractivity contribution in [3.63, 3.8) is 0 Å². The molecule has 3 heterocycles. The second-order valence-corrected chi connectivity index (χ2v) is 8.57. The molecule has 2 N–H and O–H groups in total. The second kappa shape index (κ2) is 7.44. The van der Waals surface area contributed by atoms with Crippen LogP contribution in [0.25, 0.3) is 0 Å². The lowest BCUT2D eigenvalue weighted by molar-refractivity contribution is 0.166. The summed E-state index contributed by atoms with van der Waals surface area (Å²) in [6.07, 6.45) is 6.04. The van der Waals surface area contributed by atoms with E-state index in [1.165, 1.54) is 11.3 Å². The molecular weight excluding hydrogens is 354 g/mol. The van der Waals surface area contributed by atoms with E-state index in [4.69, 9.17) is 5.73 Å². The Morgan fingerprint density at radius 1 is 1.19 bits per heavy atom. The predicted octanol–water partition coefficient (Wildman–Crippen LogP) is 4.08. The molecule has 0 spiro atoms. The molecule has 5 nitrogen and oxygen atoms in total. The Morgan fingerprint density at radius 2 is 1.93 bits per heavy atom. The normalized spacial score (nSPS) is 17.4. The molecule has 0 aliphatic carbocycles. The minimum absolute atomic E-state index is 0.0375. The van der Waals surface area contributed by atoms with Gasteiger partial charge in [0.15, 0.2) is 5.13 Å². The molecule has 0 unspecified atom stereocenters. The average Bonchev–Trinajstić information content (AvgIpc) is 3.32. The molecule has 142 valence electrons. The van der Waals surface area contributed by atoms with Gasteiger partial charge in [-0.2, -0.15) is 0 Å². The summed E-state index contributed by atoms with van der Waals surface area (Å²) < 4.78 is 2.26. The van der Waals surface area contributed by atoms with Gasteiger partial charge in [0.1, 0.15) is 0 Å². The quantitative estimate of drug-likeness (QED) is 0.723. The SMILES string of the molecule is CC(C)n1cncc1CN1CCC(c2ccccc2)(c2csc(N)n2)CC1. The molecule has 27 heavy (non-hydrogen) atoms. The summed E-state index contributed by atoms with van der Waals surface area (Å²) in [6.45, 7) is 7.43. The van der Waals surface area contributed by atoms with Crippen LogP contribution >= 0.6 is 11.3 Å². The van der Waals surface area contributed by atoms with Gasteiger partial charge in [-0.15, -0.1) is 11.3 Å². The summed E-state index contributed by atoms with van der Waals surface area (Å²) in [5.41, 5.74) is 9.70. The molecule has 1 fully saturated rings. The molecule has 6 heteroatoms. The lowest BCUT2D eigenvalue weighted by Gasteiger charge is -2.41. The number of thiazole rings is 1. The van der Waals surface area contributed by atoms with Crippen LogP contribution < -0.4 is 5.73 Å². The Balaban J connectivity index is 1.56. The topological polar surface area (TPSA) is 60.0 Å². The number of hydrogen-bond acceptors (Lipinski definition) is 5. The largest absolute Gasteiger partial charge is 0.375 e. The summed E-state index contributed by atoms with van der Waals surface area (Å²) in [7, 11) is 0. The average molecular weight is 382 g/mol. The molecule has 0 saturated carbocycles. The Kier molecular flexibility index (Phi) is 5.02. The lowest BCUT2D eigenvalue weighted by Crippen LogP contribution is -2.43. The first-order valence-electron chi connectivity index (χ1n) is 9.58. The zero-order valence-corrected chi connectivity index (χ0v) is 16.8. The molecule has 1 aliphatic rings. The van der Waals surface area contributed by atoms with E-state index in [2.05, 4.69) is 69.0 Å². The first-order chi connectivity index (χ1) is 13.1. The number of likely N-dealkylation sites (tertiary alicyclic amines) is 1. The monoisotopic (exact) mass is 381 g/mol. The van der Waals surface area contributed by atoms with Gasteiger partial charge in [-0.1, -0.05) is 30.3 Å². The molecule has 0 amide bonds. The van der Waals surface area contributed by atoms with Gasteiger partial charge >= 0.3 is 0 Å². The number of benzene rings is 1. The summed E-state index contributed by atoms with van der Waals surface area (Å²) in [4.78, 5) is 11.6. The van der Waals surface area contributed by atoms with Gasteiger partial charge in [0, 0.05) is 29.6 Å². The van der Waals surface area contributed by atoms with E-state index in [-0.39, 0.29) is 5.41 Å². The number of nitrogens with zero attached hydrogens (tertiary/aromatic N) is 4. The maximum atomic E-state index is 5.97. The number of nitrogens with two attached hydrogens (primary N) is 1. The number of piperidine rings is 1. The van der Waals surface area contributed by atoms with E-state index in [0.29, 0.717) is 11.2 Å². The Morgan fingerprint density at radius 3 is 2.56 bits per heavy atom. The van der Waals surface area contributed by atoms with Gasteiger partial charge in [-0.25, -0.2) is 9.97 Å². The molecule has 3 aromatic rings. The molecule has 1 aromatic carbocycles. The van der Waals surface area contributed by atoms with Crippen LogP contribution in [0.4, 0.5) is 5.13 Å². The number of rotatable bonds is 5. The number of hydrogen-bond donors (Lipinski definition) is 1. The van der Waals surface area contributed by atoms with E-state index in [9.17, 15) is 0 Å².